The number of aliphatic carboxylic acids is 1. The Kier molecular flexibility index (Phi) is 33.9. The van der Waals surface area contributed by atoms with E-state index >= 15 is 0 Å². The lowest BCUT2D eigenvalue weighted by Gasteiger charge is -2.11. The van der Waals surface area contributed by atoms with Crippen LogP contribution in [0.25, 0.3) is 0 Å². The van der Waals surface area contributed by atoms with Crippen LogP contribution in [0, 0.1) is 5.92 Å². The van der Waals surface area contributed by atoms with Crippen molar-refractivity contribution in [1.82, 2.24) is 0 Å². The lowest BCUT2D eigenvalue weighted by atomic mass is 10.0. The van der Waals surface area contributed by atoms with Gasteiger partial charge in [-0.15, -0.1) is 0 Å². The van der Waals surface area contributed by atoms with Crippen molar-refractivity contribution in [3.63, 3.8) is 0 Å². The summed E-state index contributed by atoms with van der Waals surface area (Å²) in [4.78, 5) is 22.3. The minimum atomic E-state index is -4.89. The lowest BCUT2D eigenvalue weighted by molar-refractivity contribution is -0.148. The van der Waals surface area contributed by atoms with Gasteiger partial charge in [-0.3, -0.25) is 14.1 Å². The normalized spacial score (nSPS) is 12.5. The van der Waals surface area contributed by atoms with Gasteiger partial charge >= 0.3 is 11.9 Å². The summed E-state index contributed by atoms with van der Waals surface area (Å²) in [6.07, 6.45) is 10.8. The molecule has 0 aliphatic rings. The van der Waals surface area contributed by atoms with Crippen LogP contribution in [0.2, 0.25) is 0 Å². The van der Waals surface area contributed by atoms with E-state index in [1.54, 1.807) is 0 Å². The molecule has 0 saturated carbocycles. The first-order valence-electron chi connectivity index (χ1n) is 17.6. The van der Waals surface area contributed by atoms with E-state index in [1.807, 2.05) is 0 Å². The average Bonchev–Trinajstić information content (AvgIpc) is 3.04. The molecule has 15 nitrogen and oxygen atoms in total. The number of carboxylic acid groups (broad SMARTS) is 1. The van der Waals surface area contributed by atoms with Crippen molar-refractivity contribution in [2.45, 2.75) is 83.3 Å². The van der Waals surface area contributed by atoms with Crippen LogP contribution in [0.5, 0.6) is 0 Å². The summed E-state index contributed by atoms with van der Waals surface area (Å²) < 4.78 is 79.3. The fraction of sp³-hybridized carbons (Fsp3) is 0.939. The Labute approximate surface area is 293 Å². The molecule has 0 fully saturated rings. The van der Waals surface area contributed by atoms with Crippen LogP contribution in [-0.2, 0) is 62.3 Å². The second-order valence-electron chi connectivity index (χ2n) is 11.7. The lowest BCUT2D eigenvalue weighted by Crippen LogP contribution is -2.34. The largest absolute Gasteiger partial charge is 0.481 e. The van der Waals surface area contributed by atoms with E-state index in [1.165, 1.54) is 51.4 Å². The summed E-state index contributed by atoms with van der Waals surface area (Å²) in [7, 11) is -4.89. The van der Waals surface area contributed by atoms with Crippen LogP contribution in [0.3, 0.4) is 0 Å². The molecule has 292 valence electrons. The smallest absolute Gasteiger partial charge is 0.327 e. The number of esters is 1. The third-order valence-electron chi connectivity index (χ3n) is 6.88. The zero-order chi connectivity index (χ0) is 36.3. The molecule has 0 heterocycles. The molecule has 0 aromatic rings. The van der Waals surface area contributed by atoms with Gasteiger partial charge in [-0.2, -0.15) is 8.42 Å². The van der Waals surface area contributed by atoms with Gasteiger partial charge < -0.3 is 47.7 Å². The molecule has 0 aromatic carbocycles. The third kappa shape index (κ3) is 36.1. The van der Waals surface area contributed by atoms with Crippen molar-refractivity contribution >= 4 is 22.1 Å². The fourth-order valence-electron chi connectivity index (χ4n) is 4.22. The molecule has 0 amide bonds. The predicted molar refractivity (Wildman–Crippen MR) is 181 cm³/mol. The van der Waals surface area contributed by atoms with Gasteiger partial charge in [0.25, 0.3) is 10.1 Å². The Balaban J connectivity index is 3.23. The first-order chi connectivity index (χ1) is 23.6. The number of carboxylic acids is 1. The Morgan fingerprint density at radius 3 is 1.12 bits per heavy atom. The highest BCUT2D eigenvalue weighted by molar-refractivity contribution is 7.87. The van der Waals surface area contributed by atoms with Crippen molar-refractivity contribution in [2.75, 3.05) is 112 Å². The van der Waals surface area contributed by atoms with Gasteiger partial charge in [0.15, 0.2) is 5.25 Å². The van der Waals surface area contributed by atoms with E-state index in [4.69, 9.17) is 47.6 Å². The maximum atomic E-state index is 11.7. The SMILES string of the molecule is CC(C)CCCCCCCCCCOCCOCCOCCOCCOCCOCCOCCOCCOC(=O)C(CC(=O)O)S(=O)(=O)O. The second-order valence-corrected chi connectivity index (χ2v) is 13.3. The van der Waals surface area contributed by atoms with Crippen molar-refractivity contribution in [3.05, 3.63) is 0 Å². The van der Waals surface area contributed by atoms with Gasteiger partial charge in [0.05, 0.1) is 106 Å². The van der Waals surface area contributed by atoms with E-state index in [0.29, 0.717) is 79.3 Å². The molecule has 0 radical (unpaired) electrons. The summed E-state index contributed by atoms with van der Waals surface area (Å²) >= 11 is 0. The minimum Gasteiger partial charge on any atom is -0.481 e. The molecule has 0 saturated heterocycles. The highest BCUT2D eigenvalue weighted by atomic mass is 32.2. The monoisotopic (exact) mass is 732 g/mol. The summed E-state index contributed by atoms with van der Waals surface area (Å²) in [5.41, 5.74) is 0. The molecule has 0 aromatic heterocycles. The van der Waals surface area contributed by atoms with Crippen LogP contribution < -0.4 is 0 Å². The third-order valence-corrected chi connectivity index (χ3v) is 7.96. The van der Waals surface area contributed by atoms with Crippen LogP contribution in [-0.4, -0.2) is 148 Å². The zero-order valence-electron chi connectivity index (χ0n) is 29.9. The van der Waals surface area contributed by atoms with Gasteiger partial charge in [0.2, 0.25) is 0 Å². The van der Waals surface area contributed by atoms with E-state index in [-0.39, 0.29) is 26.4 Å². The average molecular weight is 733 g/mol. The maximum Gasteiger partial charge on any atom is 0.327 e. The van der Waals surface area contributed by atoms with Gasteiger partial charge in [-0.1, -0.05) is 65.2 Å². The number of carbonyl (C=O) groups excluding carboxylic acids is 1. The van der Waals surface area contributed by atoms with E-state index in [2.05, 4.69) is 18.6 Å². The molecule has 0 aliphatic carbocycles. The highest BCUT2D eigenvalue weighted by Gasteiger charge is 2.34. The zero-order valence-corrected chi connectivity index (χ0v) is 30.7. The molecule has 49 heavy (non-hydrogen) atoms. The molecule has 2 N–H and O–H groups in total. The van der Waals surface area contributed by atoms with Gasteiger partial charge in [-0.25, -0.2) is 0 Å². The molecular formula is C33H64O15S. The number of rotatable bonds is 39. The highest BCUT2D eigenvalue weighted by Crippen LogP contribution is 2.12. The summed E-state index contributed by atoms with van der Waals surface area (Å²) in [6.45, 7) is 11.1. The van der Waals surface area contributed by atoms with Crippen molar-refractivity contribution in [1.29, 1.82) is 0 Å². The molecule has 0 rings (SSSR count). The topological polar surface area (TPSA) is 192 Å². The first-order valence-corrected chi connectivity index (χ1v) is 19.1. The van der Waals surface area contributed by atoms with Crippen LogP contribution in [0.15, 0.2) is 0 Å². The Bertz CT molecular complexity index is 857. The van der Waals surface area contributed by atoms with Crippen molar-refractivity contribution in [2.24, 2.45) is 5.92 Å². The Morgan fingerprint density at radius 1 is 0.490 bits per heavy atom. The molecule has 1 atom stereocenters. The molecule has 0 spiro atoms. The number of carbonyl (C=O) groups is 2. The summed E-state index contributed by atoms with van der Waals surface area (Å²) in [5.74, 6) is -2.09. The summed E-state index contributed by atoms with van der Waals surface area (Å²) in [5, 5.41) is 6.47. The first kappa shape index (κ1) is 47.5. The predicted octanol–water partition coefficient (Wildman–Crippen LogP) is 3.56. The van der Waals surface area contributed by atoms with Gasteiger partial charge in [-0.05, 0) is 12.3 Å². The maximum absolute atomic E-state index is 11.7. The number of unbranched alkanes of at least 4 members (excludes halogenated alkanes) is 7. The minimum absolute atomic E-state index is 0.0601. The van der Waals surface area contributed by atoms with E-state index in [9.17, 15) is 18.0 Å². The van der Waals surface area contributed by atoms with Crippen molar-refractivity contribution in [3.8, 4) is 0 Å². The quantitative estimate of drug-likeness (QED) is 0.0529. The molecule has 16 heteroatoms. The van der Waals surface area contributed by atoms with E-state index < -0.39 is 33.7 Å². The molecular weight excluding hydrogens is 668 g/mol. The van der Waals surface area contributed by atoms with Gasteiger partial charge in [0.1, 0.15) is 6.61 Å². The Morgan fingerprint density at radius 2 is 0.796 bits per heavy atom. The van der Waals surface area contributed by atoms with E-state index in [0.717, 1.165) is 18.9 Å². The molecule has 0 aliphatic heterocycles. The number of ether oxygens (including phenoxy) is 9. The van der Waals surface area contributed by atoms with Gasteiger partial charge in [0, 0.05) is 6.61 Å². The Hall–Kier alpha value is -1.47. The molecule has 1 unspecified atom stereocenters. The van der Waals surface area contributed by atoms with Crippen LogP contribution in [0.4, 0.5) is 0 Å². The molecule has 0 bridgehead atoms. The standard InChI is InChI=1S/C33H64O15S/c1-30(2)11-9-7-5-3-4-6-8-10-12-40-13-14-41-15-16-42-17-18-43-19-20-44-21-22-45-23-24-46-25-26-47-27-28-48-33(36)31(29-32(34)35)49(37,38)39/h30-31H,3-29H2,1-2H3,(H,34,35)(H,37,38,39). The van der Waals surface area contributed by atoms with Crippen molar-refractivity contribution < 1.29 is 70.3 Å². The fourth-order valence-corrected chi connectivity index (χ4v) is 4.89. The second kappa shape index (κ2) is 35.0. The number of hydrogen-bond acceptors (Lipinski definition) is 13. The number of hydrogen-bond donors (Lipinski definition) is 2. The summed E-state index contributed by atoms with van der Waals surface area (Å²) in [6, 6.07) is 0. The van der Waals surface area contributed by atoms with Crippen LogP contribution >= 0.6 is 0 Å². The van der Waals surface area contributed by atoms with Crippen LogP contribution in [0.1, 0.15) is 78.1 Å².